The van der Waals surface area contributed by atoms with Crippen LogP contribution in [0.5, 0.6) is 0 Å². The molecule has 0 aliphatic carbocycles. The Morgan fingerprint density at radius 1 is 1.00 bits per heavy atom. The first-order chi connectivity index (χ1) is 6.68. The highest BCUT2D eigenvalue weighted by atomic mass is 16.4. The van der Waals surface area contributed by atoms with Gasteiger partial charge in [0.2, 0.25) is 0 Å². The minimum atomic E-state index is -0.869. The normalized spacial score (nSPS) is 12.6. The number of carboxylic acids is 1. The van der Waals surface area contributed by atoms with Gasteiger partial charge in [-0.15, -0.1) is 0 Å². The molecule has 0 unspecified atom stereocenters. The van der Waals surface area contributed by atoms with Gasteiger partial charge in [-0.2, -0.15) is 0 Å². The van der Waals surface area contributed by atoms with Crippen molar-refractivity contribution in [3.63, 3.8) is 0 Å². The minimum absolute atomic E-state index is 0.279. The van der Waals surface area contributed by atoms with Crippen LogP contribution in [0, 0.1) is 23.2 Å². The van der Waals surface area contributed by atoms with Crippen molar-refractivity contribution in [1.82, 2.24) is 0 Å². The first-order valence-electron chi connectivity index (χ1n) is 5.61. The Labute approximate surface area is 93.4 Å². The zero-order valence-corrected chi connectivity index (χ0v) is 10.8. The minimum Gasteiger partial charge on any atom is -0.478 e. The third-order valence-corrected chi connectivity index (χ3v) is 3.65. The topological polar surface area (TPSA) is 37.3 Å². The van der Waals surface area contributed by atoms with E-state index in [1.807, 2.05) is 0 Å². The summed E-state index contributed by atoms with van der Waals surface area (Å²) in [6.45, 7) is 16.3. The van der Waals surface area contributed by atoms with Gasteiger partial charge in [-0.25, -0.2) is 4.79 Å². The molecule has 0 bridgehead atoms. The summed E-state index contributed by atoms with van der Waals surface area (Å²) in [6, 6.07) is 0. The second-order valence-corrected chi connectivity index (χ2v) is 5.18. The molecule has 0 spiro atoms. The molecule has 88 valence electrons. The van der Waals surface area contributed by atoms with E-state index in [1.165, 1.54) is 0 Å². The zero-order chi connectivity index (χ0) is 12.4. The summed E-state index contributed by atoms with van der Waals surface area (Å²) in [6.07, 6.45) is 0. The van der Waals surface area contributed by atoms with Crippen LogP contribution in [0.3, 0.4) is 0 Å². The predicted molar refractivity (Wildman–Crippen MR) is 63.7 cm³/mol. The van der Waals surface area contributed by atoms with Crippen LogP contribution < -0.4 is 0 Å². The molecule has 0 saturated heterocycles. The van der Waals surface area contributed by atoms with Crippen LogP contribution in [0.1, 0.15) is 41.5 Å². The van der Waals surface area contributed by atoms with Crippen molar-refractivity contribution < 1.29 is 9.90 Å². The number of hydrogen-bond acceptors (Lipinski definition) is 1. The van der Waals surface area contributed by atoms with E-state index in [0.717, 1.165) is 0 Å². The Balaban J connectivity index is 5.53. The fourth-order valence-electron chi connectivity index (χ4n) is 3.23. The fourth-order valence-corrected chi connectivity index (χ4v) is 3.23. The van der Waals surface area contributed by atoms with E-state index < -0.39 is 5.97 Å². The molecule has 0 aromatic carbocycles. The molecule has 1 N–H and O–H groups in total. The van der Waals surface area contributed by atoms with Crippen molar-refractivity contribution in [2.75, 3.05) is 0 Å². The van der Waals surface area contributed by atoms with Crippen LogP contribution in [0.2, 0.25) is 0 Å². The first-order valence-corrected chi connectivity index (χ1v) is 5.61. The average Bonchev–Trinajstić information content (AvgIpc) is 2.02. The molecular weight excluding hydrogens is 188 g/mol. The third-order valence-electron chi connectivity index (χ3n) is 3.65. The van der Waals surface area contributed by atoms with Crippen LogP contribution in [0.15, 0.2) is 12.2 Å². The maximum absolute atomic E-state index is 11.2. The highest BCUT2D eigenvalue weighted by Crippen LogP contribution is 2.48. The predicted octanol–water partition coefficient (Wildman–Crippen LogP) is 3.58. The summed E-state index contributed by atoms with van der Waals surface area (Å²) in [4.78, 5) is 11.2. The van der Waals surface area contributed by atoms with Crippen molar-refractivity contribution in [2.45, 2.75) is 41.5 Å². The summed E-state index contributed by atoms with van der Waals surface area (Å²) in [5, 5.41) is 9.16. The number of carboxylic acid groups (broad SMARTS) is 1. The van der Waals surface area contributed by atoms with Crippen molar-refractivity contribution in [2.24, 2.45) is 23.2 Å². The second kappa shape index (κ2) is 4.82. The van der Waals surface area contributed by atoms with Crippen LogP contribution in [-0.4, -0.2) is 11.1 Å². The van der Waals surface area contributed by atoms with E-state index in [2.05, 4.69) is 48.1 Å². The van der Waals surface area contributed by atoms with Crippen LogP contribution in [-0.2, 0) is 4.79 Å². The van der Waals surface area contributed by atoms with Gasteiger partial charge < -0.3 is 5.11 Å². The van der Waals surface area contributed by atoms with Gasteiger partial charge in [0.1, 0.15) is 0 Å². The van der Waals surface area contributed by atoms with Gasteiger partial charge >= 0.3 is 5.97 Å². The number of rotatable bonds is 5. The van der Waals surface area contributed by atoms with Gasteiger partial charge in [-0.3, -0.25) is 0 Å². The molecule has 0 fully saturated rings. The molecule has 0 atom stereocenters. The van der Waals surface area contributed by atoms with Crippen LogP contribution in [0.25, 0.3) is 0 Å². The molecule has 0 radical (unpaired) electrons. The molecule has 15 heavy (non-hydrogen) atoms. The maximum Gasteiger partial charge on any atom is 0.331 e. The van der Waals surface area contributed by atoms with E-state index in [4.69, 9.17) is 5.11 Å². The smallest absolute Gasteiger partial charge is 0.331 e. The molecule has 0 saturated carbocycles. The molecule has 2 nitrogen and oxygen atoms in total. The quantitative estimate of drug-likeness (QED) is 0.707. The standard InChI is InChI=1S/C13H24O2/c1-8(2)13(9(3)4,10(5)6)11(7)12(14)15/h8-10H,7H2,1-6H3,(H,14,15). The molecule has 2 heteroatoms. The number of carbonyl (C=O) groups is 1. The summed E-state index contributed by atoms with van der Waals surface area (Å²) in [7, 11) is 0. The van der Waals surface area contributed by atoms with E-state index in [1.54, 1.807) is 0 Å². The molecule has 0 amide bonds. The van der Waals surface area contributed by atoms with E-state index in [0.29, 0.717) is 5.57 Å². The molecule has 0 rings (SSSR count). The second-order valence-electron chi connectivity index (χ2n) is 5.18. The lowest BCUT2D eigenvalue weighted by Crippen LogP contribution is -2.42. The lowest BCUT2D eigenvalue weighted by molar-refractivity contribution is -0.135. The van der Waals surface area contributed by atoms with E-state index >= 15 is 0 Å². The Bertz CT molecular complexity index is 227. The molecule has 0 aliphatic heterocycles. The Morgan fingerprint density at radius 2 is 1.27 bits per heavy atom. The molecule has 0 heterocycles. The van der Waals surface area contributed by atoms with Gasteiger partial charge in [-0.1, -0.05) is 48.1 Å². The van der Waals surface area contributed by atoms with Crippen molar-refractivity contribution in [1.29, 1.82) is 0 Å². The highest BCUT2D eigenvalue weighted by molar-refractivity contribution is 5.87. The lowest BCUT2D eigenvalue weighted by atomic mass is 9.58. The Morgan fingerprint density at radius 3 is 1.33 bits per heavy atom. The Hall–Kier alpha value is -0.790. The average molecular weight is 212 g/mol. The van der Waals surface area contributed by atoms with Crippen LogP contribution >= 0.6 is 0 Å². The zero-order valence-electron chi connectivity index (χ0n) is 10.8. The van der Waals surface area contributed by atoms with Gasteiger partial charge in [-0.05, 0) is 17.8 Å². The molecule has 0 aliphatic rings. The van der Waals surface area contributed by atoms with E-state index in [9.17, 15) is 4.79 Å². The maximum atomic E-state index is 11.2. The van der Waals surface area contributed by atoms with Crippen molar-refractivity contribution >= 4 is 5.97 Å². The third kappa shape index (κ3) is 2.24. The lowest BCUT2D eigenvalue weighted by Gasteiger charge is -2.45. The monoisotopic (exact) mass is 212 g/mol. The number of hydrogen-bond donors (Lipinski definition) is 1. The van der Waals surface area contributed by atoms with Crippen LogP contribution in [0.4, 0.5) is 0 Å². The summed E-state index contributed by atoms with van der Waals surface area (Å²) in [5.74, 6) is -0.0330. The van der Waals surface area contributed by atoms with E-state index in [-0.39, 0.29) is 23.2 Å². The Kier molecular flexibility index (Phi) is 4.57. The fraction of sp³-hybridized carbons (Fsp3) is 0.769. The SMILES string of the molecule is C=C(C(=O)O)C(C(C)C)(C(C)C)C(C)C. The highest BCUT2D eigenvalue weighted by Gasteiger charge is 2.44. The summed E-state index contributed by atoms with van der Waals surface area (Å²) >= 11 is 0. The molecular formula is C13H24O2. The number of aliphatic carboxylic acids is 1. The van der Waals surface area contributed by atoms with Gasteiger partial charge in [0.15, 0.2) is 0 Å². The first kappa shape index (κ1) is 14.2. The van der Waals surface area contributed by atoms with Gasteiger partial charge in [0, 0.05) is 11.0 Å². The largest absolute Gasteiger partial charge is 0.478 e. The molecule has 0 aromatic heterocycles. The molecule has 0 aromatic rings. The van der Waals surface area contributed by atoms with Gasteiger partial charge in [0.05, 0.1) is 0 Å². The summed E-state index contributed by atoms with van der Waals surface area (Å²) in [5.41, 5.74) is 0.0359. The van der Waals surface area contributed by atoms with Gasteiger partial charge in [0.25, 0.3) is 0 Å². The van der Waals surface area contributed by atoms with Crippen molar-refractivity contribution in [3.05, 3.63) is 12.2 Å². The summed E-state index contributed by atoms with van der Waals surface area (Å²) < 4.78 is 0. The van der Waals surface area contributed by atoms with Crippen molar-refractivity contribution in [3.8, 4) is 0 Å².